The smallest absolute Gasteiger partial charge is 0.259 e. The molecule has 1 aliphatic carbocycles. The molecule has 0 aliphatic heterocycles. The third-order valence-electron chi connectivity index (χ3n) is 3.21. The van der Waals surface area contributed by atoms with Crippen LogP contribution in [0.5, 0.6) is 0 Å². The van der Waals surface area contributed by atoms with Crippen molar-refractivity contribution in [2.45, 2.75) is 25.8 Å². The molecule has 0 unspecified atom stereocenters. The van der Waals surface area contributed by atoms with Crippen LogP contribution in [0.4, 0.5) is 0 Å². The van der Waals surface area contributed by atoms with Crippen LogP contribution in [0.2, 0.25) is 0 Å². The molecule has 1 aliphatic rings. The van der Waals surface area contributed by atoms with Crippen molar-refractivity contribution in [2.24, 2.45) is 0 Å². The van der Waals surface area contributed by atoms with Crippen LogP contribution in [0.3, 0.4) is 0 Å². The van der Waals surface area contributed by atoms with Gasteiger partial charge in [-0.3, -0.25) is 4.79 Å². The molecule has 5 heteroatoms. The van der Waals surface area contributed by atoms with E-state index in [2.05, 4.69) is 21.9 Å². The minimum absolute atomic E-state index is 0.00908. The maximum Gasteiger partial charge on any atom is 0.259 e. The molecule has 0 saturated heterocycles. The van der Waals surface area contributed by atoms with Gasteiger partial charge in [0.15, 0.2) is 0 Å². The van der Waals surface area contributed by atoms with Crippen molar-refractivity contribution in [1.82, 2.24) is 15.3 Å². The maximum absolute atomic E-state index is 12.1. The maximum atomic E-state index is 12.1. The van der Waals surface area contributed by atoms with Crippen molar-refractivity contribution in [3.8, 4) is 0 Å². The highest BCUT2D eigenvalue weighted by Crippen LogP contribution is 2.34. The van der Waals surface area contributed by atoms with Gasteiger partial charge in [0.25, 0.3) is 5.56 Å². The molecule has 0 amide bonds. The standard InChI is InChI=1S/C13H15N3OS/c1-2-6-14-7-10-15-12(17)11-8-4-3-5-9(8)18-13(11)16-10/h2,14H,1,3-7H2,(H,15,16,17). The summed E-state index contributed by atoms with van der Waals surface area (Å²) in [5.41, 5.74) is 1.24. The highest BCUT2D eigenvalue weighted by molar-refractivity contribution is 7.18. The zero-order valence-electron chi connectivity index (χ0n) is 10.1. The van der Waals surface area contributed by atoms with Crippen LogP contribution < -0.4 is 10.9 Å². The van der Waals surface area contributed by atoms with E-state index in [1.54, 1.807) is 17.4 Å². The molecular formula is C13H15N3OS. The van der Waals surface area contributed by atoms with E-state index in [4.69, 9.17) is 0 Å². The molecule has 0 spiro atoms. The Morgan fingerprint density at radius 3 is 3.22 bits per heavy atom. The van der Waals surface area contributed by atoms with Crippen LogP contribution in [0.25, 0.3) is 10.2 Å². The third-order valence-corrected chi connectivity index (χ3v) is 4.39. The van der Waals surface area contributed by atoms with Crippen LogP contribution in [0.1, 0.15) is 22.7 Å². The van der Waals surface area contributed by atoms with Gasteiger partial charge in [-0.25, -0.2) is 4.98 Å². The van der Waals surface area contributed by atoms with E-state index in [9.17, 15) is 4.79 Å². The molecule has 2 heterocycles. The molecule has 94 valence electrons. The van der Waals surface area contributed by atoms with E-state index in [1.807, 2.05) is 0 Å². The molecular weight excluding hydrogens is 246 g/mol. The Morgan fingerprint density at radius 1 is 1.50 bits per heavy atom. The van der Waals surface area contributed by atoms with Crippen LogP contribution >= 0.6 is 11.3 Å². The number of nitrogens with zero attached hydrogens (tertiary/aromatic N) is 1. The van der Waals surface area contributed by atoms with Gasteiger partial charge in [-0.05, 0) is 24.8 Å². The molecule has 0 bridgehead atoms. The average molecular weight is 261 g/mol. The molecule has 4 nitrogen and oxygen atoms in total. The number of aryl methyl sites for hydroxylation is 2. The van der Waals surface area contributed by atoms with E-state index in [0.717, 1.165) is 23.1 Å². The fourth-order valence-electron chi connectivity index (χ4n) is 2.42. The molecule has 2 aromatic heterocycles. The van der Waals surface area contributed by atoms with Crippen LogP contribution in [-0.4, -0.2) is 16.5 Å². The first-order valence-electron chi connectivity index (χ1n) is 6.14. The Hall–Kier alpha value is -1.46. The minimum Gasteiger partial charge on any atom is -0.309 e. The summed E-state index contributed by atoms with van der Waals surface area (Å²) in [5, 5.41) is 3.97. The summed E-state index contributed by atoms with van der Waals surface area (Å²) in [6.45, 7) is 4.92. The lowest BCUT2D eigenvalue weighted by Gasteiger charge is -2.01. The van der Waals surface area contributed by atoms with E-state index >= 15 is 0 Å². The number of fused-ring (bicyclic) bond motifs is 3. The van der Waals surface area contributed by atoms with Crippen LogP contribution in [0, 0.1) is 0 Å². The second kappa shape index (κ2) is 4.66. The Morgan fingerprint density at radius 2 is 2.39 bits per heavy atom. The molecule has 2 N–H and O–H groups in total. The van der Waals surface area contributed by atoms with E-state index in [-0.39, 0.29) is 5.56 Å². The van der Waals surface area contributed by atoms with Crippen molar-refractivity contribution in [3.63, 3.8) is 0 Å². The van der Waals surface area contributed by atoms with Gasteiger partial charge in [0, 0.05) is 11.4 Å². The molecule has 0 radical (unpaired) electrons. The lowest BCUT2D eigenvalue weighted by atomic mass is 10.2. The van der Waals surface area contributed by atoms with Crippen molar-refractivity contribution in [3.05, 3.63) is 39.3 Å². The number of aromatic nitrogens is 2. The number of hydrogen-bond donors (Lipinski definition) is 2. The number of thiophene rings is 1. The lowest BCUT2D eigenvalue weighted by Crippen LogP contribution is -2.19. The molecule has 0 saturated carbocycles. The number of aromatic amines is 1. The lowest BCUT2D eigenvalue weighted by molar-refractivity contribution is 0.718. The van der Waals surface area contributed by atoms with Gasteiger partial charge in [0.05, 0.1) is 11.9 Å². The quantitative estimate of drug-likeness (QED) is 0.651. The summed E-state index contributed by atoms with van der Waals surface area (Å²) in [5.74, 6) is 0.703. The fourth-order valence-corrected chi connectivity index (χ4v) is 3.70. The molecule has 18 heavy (non-hydrogen) atoms. The second-order valence-corrected chi connectivity index (χ2v) is 5.55. The molecule has 0 fully saturated rings. The first-order valence-corrected chi connectivity index (χ1v) is 6.96. The minimum atomic E-state index is 0.00908. The highest BCUT2D eigenvalue weighted by atomic mass is 32.1. The van der Waals surface area contributed by atoms with Gasteiger partial charge in [0.2, 0.25) is 0 Å². The SMILES string of the molecule is C=CCNCc1nc2sc3c(c2c(=O)[nH]1)CCC3. The molecule has 3 rings (SSSR count). The topological polar surface area (TPSA) is 57.8 Å². The van der Waals surface area contributed by atoms with Gasteiger partial charge >= 0.3 is 0 Å². The fraction of sp³-hybridized carbons (Fsp3) is 0.385. The Bertz CT molecular complexity index is 656. The van der Waals surface area contributed by atoms with Crippen molar-refractivity contribution in [1.29, 1.82) is 0 Å². The number of nitrogens with one attached hydrogen (secondary N) is 2. The van der Waals surface area contributed by atoms with Gasteiger partial charge in [-0.15, -0.1) is 17.9 Å². The summed E-state index contributed by atoms with van der Waals surface area (Å²) in [4.78, 5) is 21.8. The zero-order chi connectivity index (χ0) is 12.5. The van der Waals surface area contributed by atoms with E-state index < -0.39 is 0 Å². The largest absolute Gasteiger partial charge is 0.309 e. The number of rotatable bonds is 4. The Balaban J connectivity index is 2.01. The van der Waals surface area contributed by atoms with Crippen LogP contribution in [0.15, 0.2) is 17.4 Å². The summed E-state index contributed by atoms with van der Waals surface area (Å²) in [6, 6.07) is 0. The van der Waals surface area contributed by atoms with E-state index in [0.29, 0.717) is 18.9 Å². The van der Waals surface area contributed by atoms with Crippen molar-refractivity contribution < 1.29 is 0 Å². The summed E-state index contributed by atoms with van der Waals surface area (Å²) in [6.07, 6.45) is 5.07. The van der Waals surface area contributed by atoms with Crippen molar-refractivity contribution >= 4 is 21.6 Å². The summed E-state index contributed by atoms with van der Waals surface area (Å²) < 4.78 is 0. The number of H-pyrrole nitrogens is 1. The monoisotopic (exact) mass is 261 g/mol. The first-order chi connectivity index (χ1) is 8.79. The molecule has 0 aromatic carbocycles. The van der Waals surface area contributed by atoms with E-state index in [1.165, 1.54) is 16.9 Å². The van der Waals surface area contributed by atoms with Gasteiger partial charge in [0.1, 0.15) is 10.7 Å². The summed E-state index contributed by atoms with van der Waals surface area (Å²) >= 11 is 1.67. The normalized spacial score (nSPS) is 14.0. The predicted octanol–water partition coefficient (Wildman–Crippen LogP) is 1.75. The predicted molar refractivity (Wildman–Crippen MR) is 74.2 cm³/mol. The molecule has 0 atom stereocenters. The van der Waals surface area contributed by atoms with Crippen LogP contribution in [-0.2, 0) is 19.4 Å². The Kier molecular flexibility index (Phi) is 3.01. The highest BCUT2D eigenvalue weighted by Gasteiger charge is 2.20. The molecule has 2 aromatic rings. The Labute approximate surface area is 109 Å². The van der Waals surface area contributed by atoms with Gasteiger partial charge in [-0.1, -0.05) is 6.08 Å². The van der Waals surface area contributed by atoms with Crippen molar-refractivity contribution in [2.75, 3.05) is 6.54 Å². The summed E-state index contributed by atoms with van der Waals surface area (Å²) in [7, 11) is 0. The zero-order valence-corrected chi connectivity index (χ0v) is 10.9. The number of hydrogen-bond acceptors (Lipinski definition) is 4. The average Bonchev–Trinajstić information content (AvgIpc) is 2.88. The second-order valence-electron chi connectivity index (χ2n) is 4.47. The van der Waals surface area contributed by atoms with Gasteiger partial charge < -0.3 is 10.3 Å². The third kappa shape index (κ3) is 1.89. The first kappa shape index (κ1) is 11.6. The van der Waals surface area contributed by atoms with Gasteiger partial charge in [-0.2, -0.15) is 0 Å².